The first kappa shape index (κ1) is 10.4. The fraction of sp³-hybridized carbons (Fsp3) is 0.0714. The smallest absolute Gasteiger partial charge is 0.180 e. The van der Waals surface area contributed by atoms with Crippen LogP contribution in [0.25, 0.3) is 10.8 Å². The van der Waals surface area contributed by atoms with Gasteiger partial charge in [0.25, 0.3) is 0 Å². The molecule has 1 heterocycles. The number of aromatic nitrogens is 1. The van der Waals surface area contributed by atoms with Gasteiger partial charge >= 0.3 is 0 Å². The summed E-state index contributed by atoms with van der Waals surface area (Å²) in [7, 11) is 0. The Morgan fingerprint density at radius 3 is 2.44 bits per heavy atom. The number of hydrogen-bond acceptors (Lipinski definition) is 2. The van der Waals surface area contributed by atoms with Crippen molar-refractivity contribution in [2.45, 2.75) is 6.92 Å². The molecule has 3 aromatic rings. The van der Waals surface area contributed by atoms with Crippen molar-refractivity contribution in [3.05, 3.63) is 66.9 Å². The molecule has 0 aliphatic heterocycles. The molecule has 0 amide bonds. The summed E-state index contributed by atoms with van der Waals surface area (Å²) in [6.45, 7) is 2.14. The molecule has 0 unspecified atom stereocenters. The van der Waals surface area contributed by atoms with E-state index in [1.54, 1.807) is 6.20 Å². The Hall–Kier alpha value is -2.09. The zero-order valence-corrected chi connectivity index (χ0v) is 9.13. The average Bonchev–Trinajstić information content (AvgIpc) is 2.88. The van der Waals surface area contributed by atoms with Gasteiger partial charge < -0.3 is 4.42 Å². The number of aryl methyl sites for hydroxylation is 1. The maximum Gasteiger partial charge on any atom is 0.180 e. The number of rotatable bonds is 0. The highest BCUT2D eigenvalue weighted by Gasteiger charge is 1.92. The zero-order valence-electron chi connectivity index (χ0n) is 9.13. The van der Waals surface area contributed by atoms with Crippen molar-refractivity contribution < 1.29 is 4.42 Å². The number of benzene rings is 2. The van der Waals surface area contributed by atoms with Crippen molar-refractivity contribution >= 4 is 10.8 Å². The van der Waals surface area contributed by atoms with E-state index in [0.717, 1.165) is 0 Å². The highest BCUT2D eigenvalue weighted by atomic mass is 16.3. The van der Waals surface area contributed by atoms with E-state index < -0.39 is 0 Å². The van der Waals surface area contributed by atoms with Gasteiger partial charge in [-0.05, 0) is 23.3 Å². The van der Waals surface area contributed by atoms with E-state index in [9.17, 15) is 0 Å². The van der Waals surface area contributed by atoms with Gasteiger partial charge in [0.2, 0.25) is 0 Å². The monoisotopic (exact) mass is 211 g/mol. The fourth-order valence-corrected chi connectivity index (χ4v) is 1.56. The molecule has 2 nitrogen and oxygen atoms in total. The Balaban J connectivity index is 0.000000162. The van der Waals surface area contributed by atoms with Crippen molar-refractivity contribution in [3.63, 3.8) is 0 Å². The number of fused-ring (bicyclic) bond motifs is 1. The molecule has 0 saturated heterocycles. The minimum absolute atomic E-state index is 1.33. The van der Waals surface area contributed by atoms with Crippen LogP contribution in [0.4, 0.5) is 0 Å². The van der Waals surface area contributed by atoms with Crippen LogP contribution in [0.1, 0.15) is 5.56 Å². The van der Waals surface area contributed by atoms with E-state index in [1.807, 2.05) is 0 Å². The lowest BCUT2D eigenvalue weighted by molar-refractivity contribution is 0.558. The molecule has 0 aliphatic carbocycles. The van der Waals surface area contributed by atoms with Crippen LogP contribution < -0.4 is 0 Å². The molecule has 0 N–H and O–H groups in total. The lowest BCUT2D eigenvalue weighted by Gasteiger charge is -1.98. The molecular formula is C14H13NO. The van der Waals surface area contributed by atoms with Gasteiger partial charge in [0.15, 0.2) is 6.39 Å². The second-order valence-electron chi connectivity index (χ2n) is 3.47. The molecule has 2 heteroatoms. The maximum atomic E-state index is 4.47. The summed E-state index contributed by atoms with van der Waals surface area (Å²) in [5.74, 6) is 0. The van der Waals surface area contributed by atoms with Crippen LogP contribution in [0, 0.1) is 6.92 Å². The van der Waals surface area contributed by atoms with Crippen LogP contribution in [-0.2, 0) is 0 Å². The average molecular weight is 211 g/mol. The summed E-state index contributed by atoms with van der Waals surface area (Å²) >= 11 is 0. The first-order valence-corrected chi connectivity index (χ1v) is 5.14. The molecule has 16 heavy (non-hydrogen) atoms. The van der Waals surface area contributed by atoms with Crippen molar-refractivity contribution in [1.29, 1.82) is 0 Å². The van der Waals surface area contributed by atoms with Crippen molar-refractivity contribution in [2.24, 2.45) is 0 Å². The summed E-state index contributed by atoms with van der Waals surface area (Å²) in [6.07, 6.45) is 4.47. The predicted molar refractivity (Wildman–Crippen MR) is 65.2 cm³/mol. The SMILES string of the molecule is Cc1cccc2ccccc12.c1cocn1. The molecule has 0 saturated carbocycles. The topological polar surface area (TPSA) is 26.0 Å². The Morgan fingerprint density at radius 2 is 1.81 bits per heavy atom. The Kier molecular flexibility index (Phi) is 3.34. The van der Waals surface area contributed by atoms with Gasteiger partial charge in [-0.25, -0.2) is 4.98 Å². The normalized spacial score (nSPS) is 9.56. The van der Waals surface area contributed by atoms with Gasteiger partial charge in [0.05, 0.1) is 6.20 Å². The second-order valence-corrected chi connectivity index (χ2v) is 3.47. The molecule has 0 fully saturated rings. The van der Waals surface area contributed by atoms with E-state index >= 15 is 0 Å². The zero-order chi connectivity index (χ0) is 11.2. The van der Waals surface area contributed by atoms with E-state index in [-0.39, 0.29) is 0 Å². The third kappa shape index (κ3) is 2.48. The molecular weight excluding hydrogens is 198 g/mol. The third-order valence-electron chi connectivity index (χ3n) is 2.35. The van der Waals surface area contributed by atoms with Crippen molar-refractivity contribution in [3.8, 4) is 0 Å². The van der Waals surface area contributed by atoms with Crippen LogP contribution >= 0.6 is 0 Å². The fourth-order valence-electron chi connectivity index (χ4n) is 1.56. The highest BCUT2D eigenvalue weighted by Crippen LogP contribution is 2.16. The Bertz CT molecular complexity index is 521. The lowest BCUT2D eigenvalue weighted by atomic mass is 10.1. The minimum atomic E-state index is 1.33. The Labute approximate surface area is 94.6 Å². The van der Waals surface area contributed by atoms with Gasteiger partial charge in [0, 0.05) is 0 Å². The summed E-state index contributed by atoms with van der Waals surface area (Å²) in [6, 6.07) is 14.8. The molecule has 0 aliphatic rings. The van der Waals surface area contributed by atoms with E-state index in [0.29, 0.717) is 0 Å². The van der Waals surface area contributed by atoms with E-state index in [4.69, 9.17) is 0 Å². The first-order chi connectivity index (χ1) is 7.88. The first-order valence-electron chi connectivity index (χ1n) is 5.14. The largest absolute Gasteiger partial charge is 0.452 e. The second kappa shape index (κ2) is 5.12. The summed E-state index contributed by atoms with van der Waals surface area (Å²) in [5, 5.41) is 2.68. The highest BCUT2D eigenvalue weighted by molar-refractivity contribution is 5.85. The molecule has 0 radical (unpaired) electrons. The lowest BCUT2D eigenvalue weighted by Crippen LogP contribution is -1.75. The quantitative estimate of drug-likeness (QED) is 0.565. The summed E-state index contributed by atoms with van der Waals surface area (Å²) in [4.78, 5) is 3.56. The van der Waals surface area contributed by atoms with Gasteiger partial charge in [-0.15, -0.1) is 0 Å². The van der Waals surface area contributed by atoms with Crippen LogP contribution in [-0.4, -0.2) is 4.98 Å². The summed E-state index contributed by atoms with van der Waals surface area (Å²) < 4.78 is 4.47. The van der Waals surface area contributed by atoms with Crippen LogP contribution in [0.15, 0.2) is 65.7 Å². The maximum absolute atomic E-state index is 4.47. The molecule has 0 bridgehead atoms. The standard InChI is InChI=1S/C11H10.C3H3NO/c1-9-5-4-7-10-6-2-3-8-11(9)10;1-2-5-3-4-1/h2-8H,1H3;1-3H. The van der Waals surface area contributed by atoms with Gasteiger partial charge in [-0.2, -0.15) is 0 Å². The Morgan fingerprint density at radius 1 is 1.00 bits per heavy atom. The predicted octanol–water partition coefficient (Wildman–Crippen LogP) is 3.82. The summed E-state index contributed by atoms with van der Waals surface area (Å²) in [5.41, 5.74) is 1.35. The number of nitrogens with zero attached hydrogens (tertiary/aromatic N) is 1. The van der Waals surface area contributed by atoms with Crippen LogP contribution in [0.2, 0.25) is 0 Å². The third-order valence-corrected chi connectivity index (χ3v) is 2.35. The van der Waals surface area contributed by atoms with Crippen molar-refractivity contribution in [2.75, 3.05) is 0 Å². The molecule has 80 valence electrons. The molecule has 3 rings (SSSR count). The number of oxazole rings is 1. The molecule has 0 spiro atoms. The van der Waals surface area contributed by atoms with Gasteiger partial charge in [-0.1, -0.05) is 42.5 Å². The molecule has 0 atom stereocenters. The van der Waals surface area contributed by atoms with Gasteiger partial charge in [-0.3, -0.25) is 0 Å². The van der Waals surface area contributed by atoms with E-state index in [2.05, 4.69) is 58.8 Å². The van der Waals surface area contributed by atoms with Crippen LogP contribution in [0.3, 0.4) is 0 Å². The number of hydrogen-bond donors (Lipinski definition) is 0. The minimum Gasteiger partial charge on any atom is -0.452 e. The van der Waals surface area contributed by atoms with E-state index in [1.165, 1.54) is 29.0 Å². The van der Waals surface area contributed by atoms with Gasteiger partial charge in [0.1, 0.15) is 6.26 Å². The molecule has 1 aromatic heterocycles. The molecule has 2 aromatic carbocycles. The van der Waals surface area contributed by atoms with Crippen molar-refractivity contribution in [1.82, 2.24) is 4.98 Å². The van der Waals surface area contributed by atoms with Crippen LogP contribution in [0.5, 0.6) is 0 Å².